The van der Waals surface area contributed by atoms with E-state index in [9.17, 15) is 5.26 Å². The zero-order valence-corrected chi connectivity index (χ0v) is 20.2. The number of aromatic nitrogens is 1. The molecule has 5 aromatic carbocycles. The Kier molecular flexibility index (Phi) is 3.58. The average Bonchev–Trinajstić information content (AvgIpc) is 3.51. The van der Waals surface area contributed by atoms with Gasteiger partial charge in [0.15, 0.2) is 0 Å². The van der Waals surface area contributed by atoms with E-state index in [2.05, 4.69) is 10.9 Å². The van der Waals surface area contributed by atoms with Crippen LogP contribution in [0.15, 0.2) is 97.1 Å². The third kappa shape index (κ3) is 3.00. The lowest BCUT2D eigenvalue weighted by molar-refractivity contribution is 0.998. The van der Waals surface area contributed by atoms with Crippen molar-refractivity contribution >= 4 is 27.5 Å². The van der Waals surface area contributed by atoms with Gasteiger partial charge in [-0.25, -0.2) is 4.85 Å². The van der Waals surface area contributed by atoms with Gasteiger partial charge in [0.05, 0.1) is 28.9 Å². The smallest absolute Gasteiger partial charge is 0.211 e. The van der Waals surface area contributed by atoms with Crippen molar-refractivity contribution in [2.45, 2.75) is 19.6 Å². The van der Waals surface area contributed by atoms with Gasteiger partial charge in [-0.05, 0) is 59.7 Å². The van der Waals surface area contributed by atoms with Crippen LogP contribution in [0.25, 0.3) is 43.5 Å². The minimum absolute atomic E-state index is 0.211. The molecule has 0 saturated heterocycles. The highest BCUT2D eigenvalue weighted by Crippen LogP contribution is 2.50. The zero-order valence-electron chi connectivity index (χ0n) is 26.2. The maximum absolute atomic E-state index is 10.8. The van der Waals surface area contributed by atoms with Crippen LogP contribution in [0, 0.1) is 31.6 Å². The highest BCUT2D eigenvalue weighted by atomic mass is 15.0. The van der Waals surface area contributed by atoms with Crippen LogP contribution in [-0.4, -0.2) is 4.57 Å². The number of nitrogens with zero attached hydrogens (tertiary/aromatic N) is 3. The van der Waals surface area contributed by atoms with Crippen molar-refractivity contribution in [2.75, 3.05) is 0 Å². The standard InChI is InChI=1S/C35H23N3/c1-21-12-14-26-28(18-21)23-8-4-5-10-25(23)34(26)27-15-16-31(37-3)35(30(27)20-36)38-32-11-7-6-9-24(32)29-19-22(2)13-17-33(29)38/h4-19,34H,1-2H3/i1D3,2D3. The van der Waals surface area contributed by atoms with Gasteiger partial charge in [0.1, 0.15) is 6.07 Å². The van der Waals surface area contributed by atoms with Gasteiger partial charge in [0, 0.05) is 24.9 Å². The van der Waals surface area contributed by atoms with Gasteiger partial charge in [-0.2, -0.15) is 5.26 Å². The molecule has 0 fully saturated rings. The number of benzene rings is 5. The van der Waals surface area contributed by atoms with Crippen molar-refractivity contribution < 1.29 is 8.22 Å². The summed E-state index contributed by atoms with van der Waals surface area (Å²) < 4.78 is 49.6. The summed E-state index contributed by atoms with van der Waals surface area (Å²) in [4.78, 5) is 3.83. The lowest BCUT2D eigenvalue weighted by Gasteiger charge is -2.20. The number of hydrogen-bond acceptors (Lipinski definition) is 1. The van der Waals surface area contributed by atoms with Crippen LogP contribution in [-0.2, 0) is 0 Å². The molecule has 1 aliphatic carbocycles. The fourth-order valence-electron chi connectivity index (χ4n) is 6.02. The highest BCUT2D eigenvalue weighted by molar-refractivity contribution is 6.10. The Balaban J connectivity index is 1.55. The third-order valence-corrected chi connectivity index (χ3v) is 7.55. The normalized spacial score (nSPS) is 16.7. The lowest BCUT2D eigenvalue weighted by Crippen LogP contribution is -2.07. The van der Waals surface area contributed by atoms with E-state index in [-0.39, 0.29) is 22.7 Å². The Morgan fingerprint density at radius 1 is 0.763 bits per heavy atom. The SMILES string of the molecule is [2H]C([2H])([2H])c1ccc2c(c1)-c1ccccc1C2c1ccc([N+]#[C-])c(-n2c3ccccc3c3cc(C([2H])([2H])[2H])ccc32)c1C#N. The quantitative estimate of drug-likeness (QED) is 0.222. The summed E-state index contributed by atoms with van der Waals surface area (Å²) in [5.41, 5.74) is 7.21. The molecule has 0 radical (unpaired) electrons. The minimum Gasteiger partial charge on any atom is -0.318 e. The summed E-state index contributed by atoms with van der Waals surface area (Å²) in [7, 11) is 0. The van der Waals surface area contributed by atoms with Crippen LogP contribution in [0.4, 0.5) is 5.69 Å². The van der Waals surface area contributed by atoms with E-state index in [4.69, 9.17) is 14.8 Å². The summed E-state index contributed by atoms with van der Waals surface area (Å²) in [5, 5.41) is 12.3. The summed E-state index contributed by atoms with van der Waals surface area (Å²) in [5.74, 6) is -0.365. The second kappa shape index (κ2) is 8.20. The molecule has 0 saturated carbocycles. The molecule has 1 unspecified atom stereocenters. The minimum atomic E-state index is -2.29. The van der Waals surface area contributed by atoms with Gasteiger partial charge in [0.25, 0.3) is 0 Å². The molecule has 178 valence electrons. The number of rotatable bonds is 2. The molecule has 0 bridgehead atoms. The van der Waals surface area contributed by atoms with Gasteiger partial charge >= 0.3 is 0 Å². The Bertz CT molecular complexity index is 2240. The number of fused-ring (bicyclic) bond motifs is 6. The number of para-hydroxylation sites is 1. The first-order chi connectivity index (χ1) is 21.0. The van der Waals surface area contributed by atoms with Gasteiger partial charge in [-0.15, -0.1) is 0 Å². The average molecular weight is 492 g/mol. The Hall–Kier alpha value is -5.12. The molecule has 3 heteroatoms. The van der Waals surface area contributed by atoms with Crippen LogP contribution in [0.1, 0.15) is 47.5 Å². The van der Waals surface area contributed by atoms with Crippen molar-refractivity contribution in [1.82, 2.24) is 4.57 Å². The molecular weight excluding hydrogens is 462 g/mol. The van der Waals surface area contributed by atoms with Crippen LogP contribution in [0.2, 0.25) is 0 Å². The van der Waals surface area contributed by atoms with Crippen molar-refractivity contribution in [3.63, 3.8) is 0 Å². The first-order valence-electron chi connectivity index (χ1n) is 15.2. The molecule has 6 aromatic rings. The predicted molar refractivity (Wildman–Crippen MR) is 154 cm³/mol. The molecule has 0 spiro atoms. The molecule has 1 aliphatic rings. The van der Waals surface area contributed by atoms with Crippen LogP contribution in [0.5, 0.6) is 0 Å². The molecule has 38 heavy (non-hydrogen) atoms. The maximum Gasteiger partial charge on any atom is 0.211 e. The molecule has 1 aromatic heterocycles. The van der Waals surface area contributed by atoms with Gasteiger partial charge in [-0.1, -0.05) is 90.0 Å². The molecule has 1 atom stereocenters. The van der Waals surface area contributed by atoms with Gasteiger partial charge in [0.2, 0.25) is 5.69 Å². The van der Waals surface area contributed by atoms with Gasteiger partial charge in [-0.3, -0.25) is 0 Å². The number of nitriles is 1. The highest BCUT2D eigenvalue weighted by Gasteiger charge is 2.33. The molecule has 0 N–H and O–H groups in total. The fourth-order valence-corrected chi connectivity index (χ4v) is 6.02. The van der Waals surface area contributed by atoms with Crippen LogP contribution >= 0.6 is 0 Å². The van der Waals surface area contributed by atoms with E-state index < -0.39 is 13.7 Å². The van der Waals surface area contributed by atoms with Crippen molar-refractivity contribution in [2.24, 2.45) is 0 Å². The summed E-state index contributed by atoms with van der Waals surface area (Å²) in [6.45, 7) is 3.51. The fraction of sp³-hybridized carbons (Fsp3) is 0.0857. The number of hydrogen-bond donors (Lipinski definition) is 0. The second-order valence-corrected chi connectivity index (χ2v) is 9.53. The van der Waals surface area contributed by atoms with E-state index in [0.717, 1.165) is 33.2 Å². The first kappa shape index (κ1) is 16.6. The Morgan fingerprint density at radius 3 is 2.32 bits per heavy atom. The molecule has 7 rings (SSSR count). The molecular formula is C35H23N3. The van der Waals surface area contributed by atoms with E-state index in [1.54, 1.807) is 36.4 Å². The van der Waals surface area contributed by atoms with E-state index in [1.807, 2.05) is 65.2 Å². The topological polar surface area (TPSA) is 33.1 Å². The maximum atomic E-state index is 10.8. The molecule has 0 aliphatic heterocycles. The van der Waals surface area contributed by atoms with Gasteiger partial charge < -0.3 is 4.57 Å². The Morgan fingerprint density at radius 2 is 1.47 bits per heavy atom. The first-order valence-corrected chi connectivity index (χ1v) is 12.2. The summed E-state index contributed by atoms with van der Waals surface area (Å²) >= 11 is 0. The van der Waals surface area contributed by atoms with E-state index >= 15 is 0 Å². The summed E-state index contributed by atoms with van der Waals surface area (Å²) in [6.07, 6.45) is 0. The summed E-state index contributed by atoms with van der Waals surface area (Å²) in [6, 6.07) is 31.5. The zero-order chi connectivity index (χ0) is 31.0. The van der Waals surface area contributed by atoms with Crippen molar-refractivity contribution in [3.05, 3.63) is 142 Å². The van der Waals surface area contributed by atoms with Crippen molar-refractivity contribution in [1.29, 1.82) is 5.26 Å². The molecule has 0 amide bonds. The Labute approximate surface area is 230 Å². The van der Waals surface area contributed by atoms with Crippen LogP contribution < -0.4 is 0 Å². The van der Waals surface area contributed by atoms with Crippen molar-refractivity contribution in [3.8, 4) is 22.9 Å². The van der Waals surface area contributed by atoms with E-state index in [0.29, 0.717) is 27.7 Å². The van der Waals surface area contributed by atoms with E-state index in [1.165, 1.54) is 0 Å². The molecule has 1 heterocycles. The monoisotopic (exact) mass is 491 g/mol. The third-order valence-electron chi connectivity index (χ3n) is 7.55. The predicted octanol–water partition coefficient (Wildman–Crippen LogP) is 8.98. The lowest BCUT2D eigenvalue weighted by atomic mass is 9.85. The van der Waals surface area contributed by atoms with Crippen LogP contribution in [0.3, 0.4) is 0 Å². The molecule has 3 nitrogen and oxygen atoms in total. The second-order valence-electron chi connectivity index (χ2n) is 9.53. The largest absolute Gasteiger partial charge is 0.318 e. The number of aryl methyl sites for hydroxylation is 2.